The molecule has 2 N–H and O–H groups in total. The lowest BCUT2D eigenvalue weighted by Gasteiger charge is -2.03. The highest BCUT2D eigenvalue weighted by atomic mass is 19.1. The minimum Gasteiger partial charge on any atom is -0.492 e. The molecule has 0 bridgehead atoms. The van der Waals surface area contributed by atoms with Crippen molar-refractivity contribution < 1.29 is 13.9 Å². The molecule has 0 fully saturated rings. The van der Waals surface area contributed by atoms with Crippen molar-refractivity contribution in [2.45, 2.75) is 0 Å². The fraction of sp³-hybridized carbons (Fsp3) is 0. The van der Waals surface area contributed by atoms with Crippen LogP contribution in [0.1, 0.15) is 0 Å². The highest BCUT2D eigenvalue weighted by Crippen LogP contribution is 2.32. The van der Waals surface area contributed by atoms with E-state index in [2.05, 4.69) is 4.98 Å². The number of nitrogens with one attached hydrogen (secondary N) is 1. The SMILES string of the molecule is O=c1[nH]c(O)c(-c2cccc3ccc(F)cc23)o1. The summed E-state index contributed by atoms with van der Waals surface area (Å²) in [7, 11) is 0. The van der Waals surface area contributed by atoms with Crippen LogP contribution < -0.4 is 5.76 Å². The first kappa shape index (κ1) is 10.6. The Morgan fingerprint density at radius 3 is 2.78 bits per heavy atom. The van der Waals surface area contributed by atoms with Gasteiger partial charge in [0.2, 0.25) is 11.6 Å². The molecular formula is C13H8FNO3. The van der Waals surface area contributed by atoms with E-state index in [1.165, 1.54) is 12.1 Å². The average molecular weight is 245 g/mol. The van der Waals surface area contributed by atoms with Crippen molar-refractivity contribution in [3.63, 3.8) is 0 Å². The van der Waals surface area contributed by atoms with Gasteiger partial charge in [0.15, 0.2) is 0 Å². The number of aromatic amines is 1. The predicted octanol–water partition coefficient (Wildman–Crippen LogP) is 2.63. The van der Waals surface area contributed by atoms with E-state index < -0.39 is 11.6 Å². The van der Waals surface area contributed by atoms with E-state index in [0.717, 1.165) is 5.39 Å². The molecule has 0 radical (unpaired) electrons. The number of hydrogen-bond donors (Lipinski definition) is 2. The minimum absolute atomic E-state index is 0.0104. The van der Waals surface area contributed by atoms with Crippen molar-refractivity contribution in [1.82, 2.24) is 4.98 Å². The van der Waals surface area contributed by atoms with Crippen LogP contribution in [0.25, 0.3) is 22.1 Å². The molecule has 1 heterocycles. The summed E-state index contributed by atoms with van der Waals surface area (Å²) in [6.07, 6.45) is 0. The van der Waals surface area contributed by atoms with E-state index in [-0.39, 0.29) is 11.6 Å². The van der Waals surface area contributed by atoms with Gasteiger partial charge < -0.3 is 9.52 Å². The first-order valence-electron chi connectivity index (χ1n) is 5.26. The molecule has 1 aromatic heterocycles. The largest absolute Gasteiger partial charge is 0.492 e. The van der Waals surface area contributed by atoms with Crippen LogP contribution in [0.5, 0.6) is 5.88 Å². The van der Waals surface area contributed by atoms with Crippen molar-refractivity contribution >= 4 is 10.8 Å². The molecule has 0 aliphatic carbocycles. The molecule has 0 amide bonds. The van der Waals surface area contributed by atoms with Crippen LogP contribution in [-0.4, -0.2) is 10.1 Å². The summed E-state index contributed by atoms with van der Waals surface area (Å²) < 4.78 is 18.1. The molecule has 0 aliphatic heterocycles. The highest BCUT2D eigenvalue weighted by molar-refractivity contribution is 5.96. The molecule has 0 atom stereocenters. The second-order valence-corrected chi connectivity index (χ2v) is 3.86. The van der Waals surface area contributed by atoms with Crippen LogP contribution >= 0.6 is 0 Å². The summed E-state index contributed by atoms with van der Waals surface area (Å²) in [6, 6.07) is 9.49. The van der Waals surface area contributed by atoms with Gasteiger partial charge >= 0.3 is 5.76 Å². The summed E-state index contributed by atoms with van der Waals surface area (Å²) in [6.45, 7) is 0. The first-order valence-corrected chi connectivity index (χ1v) is 5.26. The number of oxazole rings is 1. The smallest absolute Gasteiger partial charge is 0.419 e. The Morgan fingerprint density at radius 2 is 2.06 bits per heavy atom. The third-order valence-corrected chi connectivity index (χ3v) is 2.72. The zero-order chi connectivity index (χ0) is 12.7. The van der Waals surface area contributed by atoms with Crippen molar-refractivity contribution in [2.24, 2.45) is 0 Å². The molecule has 0 unspecified atom stereocenters. The third-order valence-electron chi connectivity index (χ3n) is 2.72. The molecule has 18 heavy (non-hydrogen) atoms. The van der Waals surface area contributed by atoms with Crippen LogP contribution in [0.15, 0.2) is 45.6 Å². The van der Waals surface area contributed by atoms with E-state index in [0.29, 0.717) is 10.9 Å². The van der Waals surface area contributed by atoms with Crippen LogP contribution in [-0.2, 0) is 0 Å². The maximum absolute atomic E-state index is 13.3. The number of halogens is 1. The van der Waals surface area contributed by atoms with E-state index in [9.17, 15) is 14.3 Å². The van der Waals surface area contributed by atoms with Gasteiger partial charge in [0.05, 0.1) is 0 Å². The second kappa shape index (κ2) is 3.73. The van der Waals surface area contributed by atoms with Crippen LogP contribution in [0.3, 0.4) is 0 Å². The van der Waals surface area contributed by atoms with Gasteiger partial charge in [0, 0.05) is 5.56 Å². The number of fused-ring (bicyclic) bond motifs is 1. The van der Waals surface area contributed by atoms with Crippen LogP contribution in [0.4, 0.5) is 4.39 Å². The first-order chi connectivity index (χ1) is 8.65. The molecule has 4 nitrogen and oxygen atoms in total. The van der Waals surface area contributed by atoms with Crippen LogP contribution in [0.2, 0.25) is 0 Å². The molecule has 2 aromatic carbocycles. The summed E-state index contributed by atoms with van der Waals surface area (Å²) in [5, 5.41) is 10.9. The topological polar surface area (TPSA) is 66.2 Å². The highest BCUT2D eigenvalue weighted by Gasteiger charge is 2.14. The summed E-state index contributed by atoms with van der Waals surface area (Å²) in [4.78, 5) is 13.2. The van der Waals surface area contributed by atoms with Crippen molar-refractivity contribution in [3.8, 4) is 17.2 Å². The van der Waals surface area contributed by atoms with Crippen molar-refractivity contribution in [1.29, 1.82) is 0 Å². The Balaban J connectivity index is 2.38. The zero-order valence-corrected chi connectivity index (χ0v) is 9.11. The number of rotatable bonds is 1. The Labute approximate surface area is 100 Å². The molecule has 0 aliphatic rings. The Hall–Kier alpha value is -2.56. The van der Waals surface area contributed by atoms with Gasteiger partial charge in [-0.05, 0) is 22.9 Å². The molecule has 0 saturated carbocycles. The fourth-order valence-electron chi connectivity index (χ4n) is 1.95. The Bertz CT molecular complexity index is 788. The normalized spacial score (nSPS) is 10.9. The number of benzene rings is 2. The fourth-order valence-corrected chi connectivity index (χ4v) is 1.95. The molecule has 3 rings (SSSR count). The maximum atomic E-state index is 13.3. The monoisotopic (exact) mass is 245 g/mol. The lowest BCUT2D eigenvalue weighted by atomic mass is 10.0. The minimum atomic E-state index is -0.754. The molecule has 90 valence electrons. The van der Waals surface area contributed by atoms with Crippen molar-refractivity contribution in [3.05, 3.63) is 52.8 Å². The second-order valence-electron chi connectivity index (χ2n) is 3.86. The van der Waals surface area contributed by atoms with E-state index in [1.807, 2.05) is 0 Å². The molecule has 0 spiro atoms. The number of H-pyrrole nitrogens is 1. The Kier molecular flexibility index (Phi) is 2.19. The summed E-state index contributed by atoms with van der Waals surface area (Å²) >= 11 is 0. The summed E-state index contributed by atoms with van der Waals surface area (Å²) in [5.41, 5.74) is 0.461. The summed E-state index contributed by atoms with van der Waals surface area (Å²) in [5.74, 6) is -1.50. The maximum Gasteiger partial charge on any atom is 0.419 e. The van der Waals surface area contributed by atoms with E-state index >= 15 is 0 Å². The molecule has 0 saturated heterocycles. The van der Waals surface area contributed by atoms with Crippen molar-refractivity contribution in [2.75, 3.05) is 0 Å². The van der Waals surface area contributed by atoms with E-state index in [4.69, 9.17) is 4.42 Å². The van der Waals surface area contributed by atoms with Gasteiger partial charge in [-0.2, -0.15) is 0 Å². The lowest BCUT2D eigenvalue weighted by molar-refractivity contribution is 0.453. The van der Waals surface area contributed by atoms with E-state index in [1.54, 1.807) is 24.3 Å². The standard InChI is InChI=1S/C13H8FNO3/c14-8-5-4-7-2-1-3-9(10(7)6-8)11-12(16)15-13(17)18-11/h1-6,16H,(H,15,17). The Morgan fingerprint density at radius 1 is 1.22 bits per heavy atom. The lowest BCUT2D eigenvalue weighted by Crippen LogP contribution is -1.92. The van der Waals surface area contributed by atoms with Gasteiger partial charge in [0.25, 0.3) is 0 Å². The van der Waals surface area contributed by atoms with Gasteiger partial charge in [0.1, 0.15) is 5.82 Å². The predicted molar refractivity (Wildman–Crippen MR) is 63.9 cm³/mol. The quantitative estimate of drug-likeness (QED) is 0.692. The third kappa shape index (κ3) is 1.57. The van der Waals surface area contributed by atoms with Gasteiger partial charge in [-0.3, -0.25) is 4.98 Å². The molecular weight excluding hydrogens is 237 g/mol. The van der Waals surface area contributed by atoms with Gasteiger partial charge in [-0.1, -0.05) is 24.3 Å². The van der Waals surface area contributed by atoms with Gasteiger partial charge in [-0.25, -0.2) is 9.18 Å². The number of aromatic nitrogens is 1. The number of aromatic hydroxyl groups is 1. The zero-order valence-electron chi connectivity index (χ0n) is 9.11. The van der Waals surface area contributed by atoms with Crippen LogP contribution in [0, 0.1) is 5.82 Å². The molecule has 3 aromatic rings. The number of hydrogen-bond acceptors (Lipinski definition) is 3. The van der Waals surface area contributed by atoms with Gasteiger partial charge in [-0.15, -0.1) is 0 Å². The molecule has 5 heteroatoms. The average Bonchev–Trinajstić information content (AvgIpc) is 2.67.